The van der Waals surface area contributed by atoms with Crippen molar-refractivity contribution in [3.05, 3.63) is 34.1 Å². The van der Waals surface area contributed by atoms with E-state index in [-0.39, 0.29) is 0 Å². The van der Waals surface area contributed by atoms with Gasteiger partial charge in [-0.15, -0.1) is 11.3 Å². The summed E-state index contributed by atoms with van der Waals surface area (Å²) in [5.74, 6) is 0.860. The molecule has 0 bridgehead atoms. The number of hydrogen-bond acceptors (Lipinski definition) is 5. The predicted molar refractivity (Wildman–Crippen MR) is 53.9 cm³/mol. The molecule has 0 fully saturated rings. The summed E-state index contributed by atoms with van der Waals surface area (Å²) in [6.45, 7) is 3.38. The third kappa shape index (κ3) is 2.40. The molecular weight excluding hydrogens is 198 g/mol. The van der Waals surface area contributed by atoms with Gasteiger partial charge in [-0.2, -0.15) is 0 Å². The first-order chi connectivity index (χ1) is 6.84. The molecule has 14 heavy (non-hydrogen) atoms. The van der Waals surface area contributed by atoms with Gasteiger partial charge in [-0.05, 0) is 6.92 Å². The maximum Gasteiger partial charge on any atom is 0.150 e. The first-order valence-corrected chi connectivity index (χ1v) is 5.24. The van der Waals surface area contributed by atoms with E-state index in [9.17, 15) is 0 Å². The van der Waals surface area contributed by atoms with Crippen LogP contribution >= 0.6 is 11.3 Å². The smallest absolute Gasteiger partial charge is 0.150 e. The molecule has 0 unspecified atom stereocenters. The molecule has 2 aromatic rings. The van der Waals surface area contributed by atoms with Crippen LogP contribution < -0.4 is 5.32 Å². The number of aromatic nitrogens is 2. The van der Waals surface area contributed by atoms with Crippen molar-refractivity contribution in [2.75, 3.05) is 0 Å². The van der Waals surface area contributed by atoms with Crippen LogP contribution in [-0.2, 0) is 13.1 Å². The molecule has 74 valence electrons. The largest absolute Gasteiger partial charge is 0.360 e. The Labute approximate surface area is 86.0 Å². The van der Waals surface area contributed by atoms with Crippen LogP contribution in [0.4, 0.5) is 0 Å². The van der Waals surface area contributed by atoms with Gasteiger partial charge in [0, 0.05) is 24.2 Å². The fourth-order valence-corrected chi connectivity index (χ4v) is 1.72. The van der Waals surface area contributed by atoms with Crippen LogP contribution in [0.25, 0.3) is 0 Å². The molecule has 2 rings (SSSR count). The van der Waals surface area contributed by atoms with Gasteiger partial charge < -0.3 is 9.84 Å². The molecule has 4 nitrogen and oxygen atoms in total. The lowest BCUT2D eigenvalue weighted by molar-refractivity contribution is 0.369. The Morgan fingerprint density at radius 1 is 1.50 bits per heavy atom. The number of aryl methyl sites for hydroxylation is 1. The molecule has 0 aliphatic heterocycles. The van der Waals surface area contributed by atoms with Crippen molar-refractivity contribution >= 4 is 11.3 Å². The van der Waals surface area contributed by atoms with Crippen molar-refractivity contribution in [1.29, 1.82) is 0 Å². The van der Waals surface area contributed by atoms with Gasteiger partial charge in [0.2, 0.25) is 0 Å². The SMILES string of the molecule is Cc1cc(CNCc2nccs2)on1. The summed E-state index contributed by atoms with van der Waals surface area (Å²) >= 11 is 1.64. The Balaban J connectivity index is 1.78. The summed E-state index contributed by atoms with van der Waals surface area (Å²) in [5.41, 5.74) is 0.913. The molecule has 0 spiro atoms. The third-order valence-corrected chi connectivity index (χ3v) is 2.52. The fourth-order valence-electron chi connectivity index (χ4n) is 1.13. The number of rotatable bonds is 4. The average Bonchev–Trinajstić information content (AvgIpc) is 2.77. The highest BCUT2D eigenvalue weighted by Crippen LogP contribution is 2.05. The first-order valence-electron chi connectivity index (χ1n) is 4.36. The molecule has 5 heteroatoms. The van der Waals surface area contributed by atoms with Crippen molar-refractivity contribution in [2.24, 2.45) is 0 Å². The van der Waals surface area contributed by atoms with Gasteiger partial charge in [0.25, 0.3) is 0 Å². The van der Waals surface area contributed by atoms with E-state index in [1.54, 1.807) is 17.5 Å². The van der Waals surface area contributed by atoms with E-state index in [2.05, 4.69) is 15.5 Å². The van der Waals surface area contributed by atoms with E-state index in [4.69, 9.17) is 4.52 Å². The molecule has 0 atom stereocenters. The summed E-state index contributed by atoms with van der Waals surface area (Å²) in [7, 11) is 0. The third-order valence-electron chi connectivity index (χ3n) is 1.74. The molecular formula is C9H11N3OS. The molecule has 1 N–H and O–H groups in total. The van der Waals surface area contributed by atoms with Crippen LogP contribution in [0.2, 0.25) is 0 Å². The van der Waals surface area contributed by atoms with Gasteiger partial charge >= 0.3 is 0 Å². The van der Waals surface area contributed by atoms with Crippen molar-refractivity contribution < 1.29 is 4.52 Å². The van der Waals surface area contributed by atoms with Gasteiger partial charge in [-0.25, -0.2) is 4.98 Å². The van der Waals surface area contributed by atoms with Gasteiger partial charge in [0.1, 0.15) is 5.01 Å². The van der Waals surface area contributed by atoms with Crippen LogP contribution in [0, 0.1) is 6.92 Å². The Bertz CT molecular complexity index is 382. The van der Waals surface area contributed by atoms with Crippen LogP contribution in [0.1, 0.15) is 16.5 Å². The summed E-state index contributed by atoms with van der Waals surface area (Å²) in [6, 6.07) is 1.93. The van der Waals surface area contributed by atoms with Crippen LogP contribution in [0.15, 0.2) is 22.2 Å². The monoisotopic (exact) mass is 209 g/mol. The van der Waals surface area contributed by atoms with E-state index in [0.717, 1.165) is 23.0 Å². The van der Waals surface area contributed by atoms with E-state index < -0.39 is 0 Å². The van der Waals surface area contributed by atoms with Crippen molar-refractivity contribution in [3.8, 4) is 0 Å². The van der Waals surface area contributed by atoms with E-state index in [1.807, 2.05) is 18.4 Å². The molecule has 0 amide bonds. The summed E-state index contributed by atoms with van der Waals surface area (Å²) in [4.78, 5) is 4.16. The first kappa shape index (κ1) is 9.36. The maximum absolute atomic E-state index is 5.05. The quantitative estimate of drug-likeness (QED) is 0.833. The number of thiazole rings is 1. The molecule has 0 aliphatic rings. The topological polar surface area (TPSA) is 51.0 Å². The lowest BCUT2D eigenvalue weighted by Gasteiger charge is -1.97. The summed E-state index contributed by atoms with van der Waals surface area (Å²) < 4.78 is 5.05. The van der Waals surface area contributed by atoms with Gasteiger partial charge in [-0.3, -0.25) is 0 Å². The summed E-state index contributed by atoms with van der Waals surface area (Å²) in [5, 5.41) is 10.1. The lowest BCUT2D eigenvalue weighted by atomic mass is 10.4. The Morgan fingerprint density at radius 2 is 2.43 bits per heavy atom. The van der Waals surface area contributed by atoms with Crippen LogP contribution in [-0.4, -0.2) is 10.1 Å². The van der Waals surface area contributed by atoms with Gasteiger partial charge in [0.15, 0.2) is 5.76 Å². The molecule has 0 saturated carbocycles. The molecule has 2 heterocycles. The van der Waals surface area contributed by atoms with Crippen molar-refractivity contribution in [1.82, 2.24) is 15.5 Å². The Hall–Kier alpha value is -1.20. The normalized spacial score (nSPS) is 10.6. The second kappa shape index (κ2) is 4.34. The lowest BCUT2D eigenvalue weighted by Crippen LogP contribution is -2.11. The minimum atomic E-state index is 0.695. The van der Waals surface area contributed by atoms with E-state index in [0.29, 0.717) is 6.54 Å². The number of hydrogen-bond donors (Lipinski definition) is 1. The maximum atomic E-state index is 5.05. The van der Waals surface area contributed by atoms with Crippen LogP contribution in [0.5, 0.6) is 0 Å². The molecule has 0 saturated heterocycles. The average molecular weight is 209 g/mol. The summed E-state index contributed by atoms with van der Waals surface area (Å²) in [6.07, 6.45) is 1.81. The number of nitrogens with zero attached hydrogens (tertiary/aromatic N) is 2. The zero-order valence-corrected chi connectivity index (χ0v) is 8.67. The fraction of sp³-hybridized carbons (Fsp3) is 0.333. The second-order valence-electron chi connectivity index (χ2n) is 2.96. The minimum Gasteiger partial charge on any atom is -0.360 e. The molecule has 0 radical (unpaired) electrons. The highest BCUT2D eigenvalue weighted by atomic mass is 32.1. The standard InChI is InChI=1S/C9H11N3OS/c1-7-4-8(13-12-7)5-10-6-9-11-2-3-14-9/h2-4,10H,5-6H2,1H3. The Morgan fingerprint density at radius 3 is 3.07 bits per heavy atom. The minimum absolute atomic E-state index is 0.695. The van der Waals surface area contributed by atoms with Crippen LogP contribution in [0.3, 0.4) is 0 Å². The van der Waals surface area contributed by atoms with E-state index >= 15 is 0 Å². The number of nitrogens with one attached hydrogen (secondary N) is 1. The zero-order chi connectivity index (χ0) is 9.80. The van der Waals surface area contributed by atoms with Crippen molar-refractivity contribution in [3.63, 3.8) is 0 Å². The van der Waals surface area contributed by atoms with E-state index in [1.165, 1.54) is 0 Å². The second-order valence-corrected chi connectivity index (χ2v) is 3.94. The van der Waals surface area contributed by atoms with Gasteiger partial charge in [0.05, 0.1) is 12.2 Å². The Kier molecular flexibility index (Phi) is 2.90. The van der Waals surface area contributed by atoms with Crippen molar-refractivity contribution in [2.45, 2.75) is 20.0 Å². The molecule has 0 aliphatic carbocycles. The zero-order valence-electron chi connectivity index (χ0n) is 7.86. The van der Waals surface area contributed by atoms with Gasteiger partial charge in [-0.1, -0.05) is 5.16 Å². The predicted octanol–water partition coefficient (Wildman–Crippen LogP) is 1.73. The molecule has 0 aromatic carbocycles. The highest BCUT2D eigenvalue weighted by Gasteiger charge is 2.00. The highest BCUT2D eigenvalue weighted by molar-refractivity contribution is 7.09. The molecule has 2 aromatic heterocycles.